The smallest absolute Gasteiger partial charge is 0.323 e. The fourth-order valence-corrected chi connectivity index (χ4v) is 1.64. The van der Waals surface area contributed by atoms with Gasteiger partial charge in [0.25, 0.3) is 5.91 Å². The largest absolute Gasteiger partial charge is 0.480 e. The predicted molar refractivity (Wildman–Crippen MR) is 68.4 cm³/mol. The van der Waals surface area contributed by atoms with E-state index in [1.165, 1.54) is 0 Å². The van der Waals surface area contributed by atoms with Gasteiger partial charge in [-0.3, -0.25) is 9.59 Å². The molecule has 5 nitrogen and oxygen atoms in total. The molecule has 21 heavy (non-hydrogen) atoms. The van der Waals surface area contributed by atoms with E-state index in [4.69, 9.17) is 5.11 Å². The predicted octanol–water partition coefficient (Wildman–Crippen LogP) is 1.19. The first kappa shape index (κ1) is 17.0. The summed E-state index contributed by atoms with van der Waals surface area (Å²) in [4.78, 5) is 25.3. The quantitative estimate of drug-likeness (QED) is 0.857. The SMILES string of the molecule is CN(C)CCN(CC(=O)O)C(=O)c1c(F)cc(F)cc1F. The van der Waals surface area contributed by atoms with Gasteiger partial charge in [-0.2, -0.15) is 0 Å². The second kappa shape index (κ2) is 7.07. The van der Waals surface area contributed by atoms with E-state index >= 15 is 0 Å². The van der Waals surface area contributed by atoms with Gasteiger partial charge in [0.2, 0.25) is 0 Å². The maximum Gasteiger partial charge on any atom is 0.323 e. The van der Waals surface area contributed by atoms with Crippen LogP contribution in [0.2, 0.25) is 0 Å². The van der Waals surface area contributed by atoms with Crippen LogP contribution in [0.3, 0.4) is 0 Å². The molecule has 116 valence electrons. The monoisotopic (exact) mass is 304 g/mol. The van der Waals surface area contributed by atoms with Crippen LogP contribution in [0.15, 0.2) is 12.1 Å². The van der Waals surface area contributed by atoms with Crippen LogP contribution in [0.4, 0.5) is 13.2 Å². The Morgan fingerprint density at radius 3 is 2.05 bits per heavy atom. The van der Waals surface area contributed by atoms with Gasteiger partial charge in [0.05, 0.1) is 0 Å². The number of carboxylic acids is 1. The minimum atomic E-state index is -1.36. The molecular weight excluding hydrogens is 289 g/mol. The number of hydrogen-bond acceptors (Lipinski definition) is 3. The van der Waals surface area contributed by atoms with E-state index in [2.05, 4.69) is 0 Å². The molecule has 0 aliphatic rings. The zero-order valence-electron chi connectivity index (χ0n) is 11.6. The molecule has 1 N–H and O–H groups in total. The van der Waals surface area contributed by atoms with Crippen LogP contribution in [-0.4, -0.2) is 60.5 Å². The first-order valence-corrected chi connectivity index (χ1v) is 6.02. The van der Waals surface area contributed by atoms with Crippen molar-refractivity contribution in [2.45, 2.75) is 0 Å². The summed E-state index contributed by atoms with van der Waals surface area (Å²) < 4.78 is 40.0. The van der Waals surface area contributed by atoms with Crippen LogP contribution in [0.5, 0.6) is 0 Å². The van der Waals surface area contributed by atoms with Crippen LogP contribution in [0.25, 0.3) is 0 Å². The molecule has 0 spiro atoms. The fraction of sp³-hybridized carbons (Fsp3) is 0.385. The lowest BCUT2D eigenvalue weighted by atomic mass is 10.1. The number of carbonyl (C=O) groups is 2. The Morgan fingerprint density at radius 1 is 1.10 bits per heavy atom. The topological polar surface area (TPSA) is 60.9 Å². The third-order valence-electron chi connectivity index (χ3n) is 2.65. The van der Waals surface area contributed by atoms with E-state index in [1.54, 1.807) is 19.0 Å². The molecule has 0 atom stereocenters. The van der Waals surface area contributed by atoms with Gasteiger partial charge in [-0.25, -0.2) is 13.2 Å². The number of benzene rings is 1. The van der Waals surface area contributed by atoms with E-state index in [-0.39, 0.29) is 6.54 Å². The van der Waals surface area contributed by atoms with E-state index in [0.717, 1.165) is 4.90 Å². The minimum Gasteiger partial charge on any atom is -0.480 e. The number of likely N-dealkylation sites (N-methyl/N-ethyl adjacent to an activating group) is 1. The zero-order valence-corrected chi connectivity index (χ0v) is 11.6. The number of rotatable bonds is 6. The van der Waals surface area contributed by atoms with E-state index in [0.29, 0.717) is 18.7 Å². The molecule has 1 amide bonds. The molecule has 8 heteroatoms. The molecule has 0 aliphatic heterocycles. The summed E-state index contributed by atoms with van der Waals surface area (Å²) in [5, 5.41) is 8.77. The normalized spacial score (nSPS) is 10.8. The summed E-state index contributed by atoms with van der Waals surface area (Å²) >= 11 is 0. The molecule has 1 rings (SSSR count). The molecule has 1 aromatic carbocycles. The lowest BCUT2D eigenvalue weighted by Gasteiger charge is -2.23. The van der Waals surface area contributed by atoms with E-state index in [1.807, 2.05) is 0 Å². The minimum absolute atomic E-state index is 0.0333. The molecule has 0 radical (unpaired) electrons. The maximum atomic E-state index is 13.6. The number of nitrogens with zero attached hydrogens (tertiary/aromatic N) is 2. The summed E-state index contributed by atoms with van der Waals surface area (Å²) in [5.74, 6) is -6.32. The second-order valence-corrected chi connectivity index (χ2v) is 4.67. The fourth-order valence-electron chi connectivity index (χ4n) is 1.64. The average Bonchev–Trinajstić information content (AvgIpc) is 2.32. The van der Waals surface area contributed by atoms with Crippen LogP contribution in [0, 0.1) is 17.5 Å². The van der Waals surface area contributed by atoms with Crippen molar-refractivity contribution >= 4 is 11.9 Å². The van der Waals surface area contributed by atoms with E-state index < -0.39 is 41.4 Å². The number of halogens is 3. The van der Waals surface area contributed by atoms with Crippen molar-refractivity contribution < 1.29 is 27.9 Å². The van der Waals surface area contributed by atoms with E-state index in [9.17, 15) is 22.8 Å². The Kier molecular flexibility index (Phi) is 5.71. The van der Waals surface area contributed by atoms with Crippen molar-refractivity contribution in [3.05, 3.63) is 35.1 Å². The van der Waals surface area contributed by atoms with Crippen molar-refractivity contribution in [3.63, 3.8) is 0 Å². The van der Waals surface area contributed by atoms with Gasteiger partial charge in [-0.05, 0) is 14.1 Å². The first-order valence-electron chi connectivity index (χ1n) is 6.02. The molecule has 0 bridgehead atoms. The van der Waals surface area contributed by atoms with Crippen LogP contribution in [0.1, 0.15) is 10.4 Å². The molecule has 1 aromatic rings. The third-order valence-corrected chi connectivity index (χ3v) is 2.65. The Bertz CT molecular complexity index is 526. The Hall–Kier alpha value is -2.09. The first-order chi connectivity index (χ1) is 9.72. The highest BCUT2D eigenvalue weighted by Gasteiger charge is 2.25. The van der Waals surface area contributed by atoms with Gasteiger partial charge in [-0.1, -0.05) is 0 Å². The van der Waals surface area contributed by atoms with Gasteiger partial charge in [0.1, 0.15) is 29.6 Å². The van der Waals surface area contributed by atoms with Crippen molar-refractivity contribution in [3.8, 4) is 0 Å². The van der Waals surface area contributed by atoms with Gasteiger partial charge < -0.3 is 14.9 Å². The third kappa shape index (κ3) is 4.75. The Morgan fingerprint density at radius 2 is 1.62 bits per heavy atom. The molecule has 0 aromatic heterocycles. The van der Waals surface area contributed by atoms with Crippen molar-refractivity contribution in [2.24, 2.45) is 0 Å². The van der Waals surface area contributed by atoms with Gasteiger partial charge in [0, 0.05) is 25.2 Å². The van der Waals surface area contributed by atoms with Gasteiger partial charge >= 0.3 is 5.97 Å². The molecule has 0 saturated heterocycles. The molecule has 0 fully saturated rings. The van der Waals surface area contributed by atoms with Gasteiger partial charge in [-0.15, -0.1) is 0 Å². The van der Waals surface area contributed by atoms with Crippen molar-refractivity contribution in [1.82, 2.24) is 9.80 Å². The summed E-state index contributed by atoms with van der Waals surface area (Å²) in [6.45, 7) is -0.430. The number of carbonyl (C=O) groups excluding carboxylic acids is 1. The number of hydrogen-bond donors (Lipinski definition) is 1. The molecule has 0 unspecified atom stereocenters. The summed E-state index contributed by atoms with van der Waals surface area (Å²) in [6, 6.07) is 0.752. The molecule has 0 heterocycles. The lowest BCUT2D eigenvalue weighted by molar-refractivity contribution is -0.137. The number of aliphatic carboxylic acids is 1. The van der Waals surface area contributed by atoms with Gasteiger partial charge in [0.15, 0.2) is 0 Å². The summed E-state index contributed by atoms with van der Waals surface area (Å²) in [6.07, 6.45) is 0. The molecule has 0 aliphatic carbocycles. The number of amides is 1. The van der Waals surface area contributed by atoms with Crippen molar-refractivity contribution in [2.75, 3.05) is 33.7 Å². The maximum absolute atomic E-state index is 13.6. The summed E-state index contributed by atoms with van der Waals surface area (Å²) in [5.41, 5.74) is -0.962. The van der Waals surface area contributed by atoms with Crippen LogP contribution in [-0.2, 0) is 4.79 Å². The Balaban J connectivity index is 3.07. The molecule has 0 saturated carbocycles. The highest BCUT2D eigenvalue weighted by atomic mass is 19.1. The number of carboxylic acid groups (broad SMARTS) is 1. The standard InChI is InChI=1S/C13H15F3N2O3/c1-17(2)3-4-18(7-11(19)20)13(21)12-9(15)5-8(14)6-10(12)16/h5-6H,3-4,7H2,1-2H3,(H,19,20). The molecular formula is C13H15F3N2O3. The second-order valence-electron chi connectivity index (χ2n) is 4.67. The highest BCUT2D eigenvalue weighted by molar-refractivity contribution is 5.96. The summed E-state index contributed by atoms with van der Waals surface area (Å²) in [7, 11) is 3.39. The highest BCUT2D eigenvalue weighted by Crippen LogP contribution is 2.17. The lowest BCUT2D eigenvalue weighted by Crippen LogP contribution is -2.40. The van der Waals surface area contributed by atoms with Crippen LogP contribution < -0.4 is 0 Å². The average molecular weight is 304 g/mol. The zero-order chi connectivity index (χ0) is 16.2. The van der Waals surface area contributed by atoms with Crippen LogP contribution >= 0.6 is 0 Å². The Labute approximate surface area is 119 Å². The van der Waals surface area contributed by atoms with Crippen molar-refractivity contribution in [1.29, 1.82) is 0 Å².